The lowest BCUT2D eigenvalue weighted by Crippen LogP contribution is -2.30. The average molecular weight is 329 g/mol. The molecule has 0 saturated carbocycles. The maximum atomic E-state index is 12.8. The second kappa shape index (κ2) is 7.05. The highest BCUT2D eigenvalue weighted by atomic mass is 16.5. The molecule has 1 amide bonds. The number of carbonyl (C=O) groups excluding carboxylic acids is 1. The van der Waals surface area contributed by atoms with Gasteiger partial charge in [0.25, 0.3) is 5.91 Å². The highest BCUT2D eigenvalue weighted by Crippen LogP contribution is 2.26. The van der Waals surface area contributed by atoms with Gasteiger partial charge in [-0.25, -0.2) is 0 Å². The van der Waals surface area contributed by atoms with Gasteiger partial charge >= 0.3 is 0 Å². The van der Waals surface area contributed by atoms with Gasteiger partial charge in [0.2, 0.25) is 0 Å². The molecular weight excluding hydrogens is 306 g/mol. The Balaban J connectivity index is 1.71. The maximum absolute atomic E-state index is 12.8. The smallest absolute Gasteiger partial charge is 0.257 e. The molecule has 128 valence electrons. The number of hydrogen-bond acceptors (Lipinski definition) is 4. The van der Waals surface area contributed by atoms with Crippen LogP contribution in [0.5, 0.6) is 5.75 Å². The van der Waals surface area contributed by atoms with Crippen LogP contribution in [-0.4, -0.2) is 51.9 Å². The van der Waals surface area contributed by atoms with Gasteiger partial charge in [-0.3, -0.25) is 9.89 Å². The molecule has 1 fully saturated rings. The molecule has 1 aromatic carbocycles. The molecule has 0 unspecified atom stereocenters. The number of aliphatic hydroxyl groups excluding tert-OH is 1. The molecule has 1 aliphatic rings. The Morgan fingerprint density at radius 3 is 2.92 bits per heavy atom. The summed E-state index contributed by atoms with van der Waals surface area (Å²) in [4.78, 5) is 14.5. The second-order valence-electron chi connectivity index (χ2n) is 6.21. The lowest BCUT2D eigenvalue weighted by molar-refractivity contribution is 0.0760. The molecule has 3 rings (SSSR count). The fourth-order valence-electron chi connectivity index (χ4n) is 3.16. The average Bonchev–Trinajstić information content (AvgIpc) is 3.14. The first-order valence-electron chi connectivity index (χ1n) is 8.28. The summed E-state index contributed by atoms with van der Waals surface area (Å²) in [5.41, 5.74) is 2.46. The number of rotatable bonds is 5. The van der Waals surface area contributed by atoms with E-state index in [2.05, 4.69) is 10.2 Å². The molecule has 1 aliphatic heterocycles. The molecule has 0 aliphatic carbocycles. The monoisotopic (exact) mass is 329 g/mol. The van der Waals surface area contributed by atoms with E-state index in [4.69, 9.17) is 4.74 Å². The Morgan fingerprint density at radius 1 is 1.42 bits per heavy atom. The van der Waals surface area contributed by atoms with Crippen LogP contribution >= 0.6 is 0 Å². The van der Waals surface area contributed by atoms with Crippen molar-refractivity contribution >= 4 is 5.91 Å². The standard InChI is InChI=1S/C18H23N3O3/c1-3-24-17-7-5-4-6-15(17)18(23)21-10-13(16(22)11-21)9-14-8-12(2)19-20-14/h4-8,13,16,22H,3,9-11H2,1-2H3,(H,19,20)/t13-,16-/m1/s1. The number of aromatic nitrogens is 2. The molecule has 6 heteroatoms. The molecule has 2 aromatic rings. The van der Waals surface area contributed by atoms with Crippen LogP contribution in [-0.2, 0) is 6.42 Å². The van der Waals surface area contributed by atoms with Crippen molar-refractivity contribution in [3.8, 4) is 5.75 Å². The maximum Gasteiger partial charge on any atom is 0.257 e. The number of β-amino-alcohol motifs (C(OH)–C–C–N with tert-alkyl or cyclic N) is 1. The molecule has 6 nitrogen and oxygen atoms in total. The van der Waals surface area contributed by atoms with Crippen molar-refractivity contribution in [2.45, 2.75) is 26.4 Å². The predicted molar refractivity (Wildman–Crippen MR) is 90.0 cm³/mol. The highest BCUT2D eigenvalue weighted by molar-refractivity contribution is 5.97. The van der Waals surface area contributed by atoms with Crippen LogP contribution in [0.25, 0.3) is 0 Å². The van der Waals surface area contributed by atoms with Crippen LogP contribution in [0.1, 0.15) is 28.7 Å². The van der Waals surface area contributed by atoms with Crippen molar-refractivity contribution in [1.29, 1.82) is 0 Å². The lowest BCUT2D eigenvalue weighted by Gasteiger charge is -2.18. The number of carbonyl (C=O) groups is 1. The summed E-state index contributed by atoms with van der Waals surface area (Å²) >= 11 is 0. The number of aryl methyl sites for hydroxylation is 1. The summed E-state index contributed by atoms with van der Waals surface area (Å²) in [5.74, 6) is 0.487. The Hall–Kier alpha value is -2.34. The van der Waals surface area contributed by atoms with E-state index < -0.39 is 6.10 Å². The molecule has 0 radical (unpaired) electrons. The normalized spacial score (nSPS) is 20.4. The first kappa shape index (κ1) is 16.5. The van der Waals surface area contributed by atoms with Gasteiger partial charge < -0.3 is 14.7 Å². The summed E-state index contributed by atoms with van der Waals surface area (Å²) in [6.45, 7) is 5.21. The minimum atomic E-state index is -0.537. The number of amides is 1. The van der Waals surface area contributed by atoms with Gasteiger partial charge in [-0.15, -0.1) is 0 Å². The fourth-order valence-corrected chi connectivity index (χ4v) is 3.16. The van der Waals surface area contributed by atoms with Gasteiger partial charge in [0.15, 0.2) is 0 Å². The number of hydrogen-bond donors (Lipinski definition) is 2. The highest BCUT2D eigenvalue weighted by Gasteiger charge is 2.35. The number of aromatic amines is 1. The lowest BCUT2D eigenvalue weighted by atomic mass is 10.0. The summed E-state index contributed by atoms with van der Waals surface area (Å²) in [5, 5.41) is 17.5. The number of aliphatic hydroxyl groups is 1. The fraction of sp³-hybridized carbons (Fsp3) is 0.444. The van der Waals surface area contributed by atoms with Crippen LogP contribution in [0, 0.1) is 12.8 Å². The SMILES string of the molecule is CCOc1ccccc1C(=O)N1C[C@@H](Cc2cc(C)[nH]n2)[C@H](O)C1. The van der Waals surface area contributed by atoms with E-state index in [1.54, 1.807) is 17.0 Å². The van der Waals surface area contributed by atoms with E-state index in [1.165, 1.54) is 0 Å². The van der Waals surface area contributed by atoms with Crippen molar-refractivity contribution in [3.05, 3.63) is 47.3 Å². The molecule has 1 aromatic heterocycles. The molecule has 2 heterocycles. The molecule has 2 N–H and O–H groups in total. The van der Waals surface area contributed by atoms with Gasteiger partial charge in [-0.05, 0) is 38.5 Å². The summed E-state index contributed by atoms with van der Waals surface area (Å²) < 4.78 is 5.55. The van der Waals surface area contributed by atoms with E-state index in [0.29, 0.717) is 37.4 Å². The van der Waals surface area contributed by atoms with E-state index in [1.807, 2.05) is 32.0 Å². The van der Waals surface area contributed by atoms with E-state index in [0.717, 1.165) is 11.4 Å². The van der Waals surface area contributed by atoms with Crippen molar-refractivity contribution in [2.24, 2.45) is 5.92 Å². The number of ether oxygens (including phenoxy) is 1. The zero-order chi connectivity index (χ0) is 17.1. The van der Waals surface area contributed by atoms with E-state index >= 15 is 0 Å². The summed E-state index contributed by atoms with van der Waals surface area (Å²) in [6, 6.07) is 9.22. The third kappa shape index (κ3) is 3.43. The minimum absolute atomic E-state index is 0.00379. The van der Waals surface area contributed by atoms with Crippen LogP contribution in [0.4, 0.5) is 0 Å². The van der Waals surface area contributed by atoms with Crippen molar-refractivity contribution in [1.82, 2.24) is 15.1 Å². The molecule has 0 spiro atoms. The van der Waals surface area contributed by atoms with Crippen LogP contribution < -0.4 is 4.74 Å². The van der Waals surface area contributed by atoms with Gasteiger partial charge in [0.05, 0.1) is 24.0 Å². The zero-order valence-electron chi connectivity index (χ0n) is 14.0. The summed E-state index contributed by atoms with van der Waals surface area (Å²) in [6.07, 6.45) is 0.118. The van der Waals surface area contributed by atoms with Gasteiger partial charge in [0.1, 0.15) is 5.75 Å². The number of nitrogens with zero attached hydrogens (tertiary/aromatic N) is 2. The molecule has 24 heavy (non-hydrogen) atoms. The molecule has 2 atom stereocenters. The second-order valence-corrected chi connectivity index (χ2v) is 6.21. The number of nitrogens with one attached hydrogen (secondary N) is 1. The quantitative estimate of drug-likeness (QED) is 0.877. The Kier molecular flexibility index (Phi) is 4.85. The first-order valence-corrected chi connectivity index (χ1v) is 8.28. The van der Waals surface area contributed by atoms with E-state index in [9.17, 15) is 9.90 Å². The van der Waals surface area contributed by atoms with Crippen molar-refractivity contribution in [3.63, 3.8) is 0 Å². The van der Waals surface area contributed by atoms with E-state index in [-0.39, 0.29) is 11.8 Å². The molecule has 1 saturated heterocycles. The predicted octanol–water partition coefficient (Wildman–Crippen LogP) is 1.79. The topological polar surface area (TPSA) is 78.5 Å². The first-order chi connectivity index (χ1) is 11.6. The van der Waals surface area contributed by atoms with Gasteiger partial charge in [-0.2, -0.15) is 5.10 Å². The Morgan fingerprint density at radius 2 is 2.21 bits per heavy atom. The van der Waals surface area contributed by atoms with Crippen molar-refractivity contribution < 1.29 is 14.6 Å². The zero-order valence-corrected chi connectivity index (χ0v) is 14.0. The number of likely N-dealkylation sites (tertiary alicyclic amines) is 1. The summed E-state index contributed by atoms with van der Waals surface area (Å²) in [7, 11) is 0. The molecular formula is C18H23N3O3. The minimum Gasteiger partial charge on any atom is -0.493 e. The van der Waals surface area contributed by atoms with Crippen molar-refractivity contribution in [2.75, 3.05) is 19.7 Å². The molecule has 0 bridgehead atoms. The van der Waals surface area contributed by atoms with Gasteiger partial charge in [-0.1, -0.05) is 12.1 Å². The third-order valence-electron chi connectivity index (χ3n) is 4.34. The van der Waals surface area contributed by atoms with Gasteiger partial charge in [0, 0.05) is 24.7 Å². The number of H-pyrrole nitrogens is 1. The van der Waals surface area contributed by atoms with Crippen LogP contribution in [0.2, 0.25) is 0 Å². The van der Waals surface area contributed by atoms with Crippen LogP contribution in [0.15, 0.2) is 30.3 Å². The van der Waals surface area contributed by atoms with Crippen LogP contribution in [0.3, 0.4) is 0 Å². The number of para-hydroxylation sites is 1. The largest absolute Gasteiger partial charge is 0.493 e. The number of benzene rings is 1. The third-order valence-corrected chi connectivity index (χ3v) is 4.34. The Bertz CT molecular complexity index is 713. The Labute approximate surface area is 141 Å².